The zero-order valence-corrected chi connectivity index (χ0v) is 11.4. The summed E-state index contributed by atoms with van der Waals surface area (Å²) in [6, 6.07) is 0.438. The number of rotatable bonds is 3. The minimum atomic E-state index is 0.134. The molecule has 5 heteroatoms. The van der Waals surface area contributed by atoms with E-state index < -0.39 is 0 Å². The van der Waals surface area contributed by atoms with E-state index in [-0.39, 0.29) is 11.8 Å². The first-order valence-electron chi connectivity index (χ1n) is 6.72. The first-order valence-corrected chi connectivity index (χ1v) is 7.60. The van der Waals surface area contributed by atoms with Crippen molar-refractivity contribution in [1.29, 1.82) is 0 Å². The molecule has 18 heavy (non-hydrogen) atoms. The molecule has 1 aliphatic heterocycles. The number of nitrogens with one attached hydrogen (secondary N) is 2. The fourth-order valence-corrected chi connectivity index (χ4v) is 3.28. The second-order valence-electron chi connectivity index (χ2n) is 5.42. The Labute approximate surface area is 111 Å². The minimum Gasteiger partial charge on any atom is -0.314 e. The largest absolute Gasteiger partial charge is 0.314 e. The van der Waals surface area contributed by atoms with Gasteiger partial charge in [0, 0.05) is 23.3 Å². The molecule has 1 aromatic heterocycles. The van der Waals surface area contributed by atoms with Crippen molar-refractivity contribution >= 4 is 22.4 Å². The minimum absolute atomic E-state index is 0.134. The van der Waals surface area contributed by atoms with E-state index in [1.165, 1.54) is 12.8 Å². The van der Waals surface area contributed by atoms with Crippen LogP contribution in [-0.2, 0) is 4.79 Å². The lowest BCUT2D eigenvalue weighted by atomic mass is 9.92. The number of nitrogens with zero attached hydrogens (tertiary/aromatic N) is 1. The second-order valence-corrected chi connectivity index (χ2v) is 6.28. The van der Waals surface area contributed by atoms with Crippen LogP contribution in [0.1, 0.15) is 44.2 Å². The fraction of sp³-hybridized carbons (Fsp3) is 0.692. The lowest BCUT2D eigenvalue weighted by Crippen LogP contribution is -2.40. The first kappa shape index (κ1) is 12.1. The highest BCUT2D eigenvalue weighted by atomic mass is 32.1. The van der Waals surface area contributed by atoms with Crippen LogP contribution in [0.5, 0.6) is 0 Å². The van der Waals surface area contributed by atoms with Crippen molar-refractivity contribution in [2.75, 3.05) is 11.9 Å². The smallest absolute Gasteiger partial charge is 0.229 e. The van der Waals surface area contributed by atoms with E-state index in [0.29, 0.717) is 12.0 Å². The van der Waals surface area contributed by atoms with Crippen molar-refractivity contribution < 1.29 is 4.79 Å². The Morgan fingerprint density at radius 2 is 2.33 bits per heavy atom. The molecule has 1 aliphatic carbocycles. The van der Waals surface area contributed by atoms with Crippen LogP contribution in [-0.4, -0.2) is 23.5 Å². The summed E-state index contributed by atoms with van der Waals surface area (Å²) in [4.78, 5) is 16.6. The number of hydrogen-bond acceptors (Lipinski definition) is 4. The van der Waals surface area contributed by atoms with Crippen LogP contribution in [0.4, 0.5) is 5.13 Å². The van der Waals surface area contributed by atoms with Gasteiger partial charge in [0.15, 0.2) is 5.13 Å². The van der Waals surface area contributed by atoms with Crippen molar-refractivity contribution in [2.45, 2.75) is 44.6 Å². The van der Waals surface area contributed by atoms with Gasteiger partial charge >= 0.3 is 0 Å². The zero-order valence-electron chi connectivity index (χ0n) is 10.6. The number of piperidine rings is 1. The van der Waals surface area contributed by atoms with Crippen molar-refractivity contribution in [3.05, 3.63) is 11.1 Å². The molecule has 1 amide bonds. The molecular weight excluding hydrogens is 246 g/mol. The van der Waals surface area contributed by atoms with E-state index in [0.717, 1.165) is 30.2 Å². The number of thiazole rings is 1. The number of carbonyl (C=O) groups is 1. The third-order valence-electron chi connectivity index (χ3n) is 3.74. The average molecular weight is 265 g/mol. The molecule has 2 atom stereocenters. The summed E-state index contributed by atoms with van der Waals surface area (Å²) in [5, 5.41) is 9.19. The van der Waals surface area contributed by atoms with Gasteiger partial charge in [-0.1, -0.05) is 0 Å². The summed E-state index contributed by atoms with van der Waals surface area (Å²) in [5.41, 5.74) is 1.16. The normalized spacial score (nSPS) is 28.1. The van der Waals surface area contributed by atoms with Crippen LogP contribution in [0, 0.1) is 5.92 Å². The monoisotopic (exact) mass is 265 g/mol. The van der Waals surface area contributed by atoms with Gasteiger partial charge in [-0.05, 0) is 39.2 Å². The molecule has 1 aromatic rings. The van der Waals surface area contributed by atoms with Gasteiger partial charge in [-0.15, -0.1) is 11.3 Å². The Balaban J connectivity index is 1.58. The predicted octanol–water partition coefficient (Wildman–Crippen LogP) is 2.35. The number of hydrogen-bond donors (Lipinski definition) is 2. The highest BCUT2D eigenvalue weighted by Crippen LogP contribution is 2.40. The average Bonchev–Trinajstić information content (AvgIpc) is 3.11. The third-order valence-corrected chi connectivity index (χ3v) is 4.52. The molecule has 1 saturated heterocycles. The Morgan fingerprint density at radius 1 is 1.50 bits per heavy atom. The van der Waals surface area contributed by atoms with Crippen molar-refractivity contribution in [3.63, 3.8) is 0 Å². The lowest BCUT2D eigenvalue weighted by Gasteiger charge is -2.26. The Morgan fingerprint density at radius 3 is 3.06 bits per heavy atom. The van der Waals surface area contributed by atoms with E-state index in [2.05, 4.69) is 27.9 Å². The molecule has 3 rings (SSSR count). The Kier molecular flexibility index (Phi) is 3.35. The molecule has 0 spiro atoms. The van der Waals surface area contributed by atoms with E-state index in [1.54, 1.807) is 11.3 Å². The maximum Gasteiger partial charge on any atom is 0.229 e. The van der Waals surface area contributed by atoms with Crippen LogP contribution in [0.25, 0.3) is 0 Å². The molecule has 0 radical (unpaired) electrons. The summed E-state index contributed by atoms with van der Waals surface area (Å²) in [6.45, 7) is 3.07. The van der Waals surface area contributed by atoms with Gasteiger partial charge in [-0.25, -0.2) is 4.98 Å². The summed E-state index contributed by atoms with van der Waals surface area (Å²) >= 11 is 1.55. The van der Waals surface area contributed by atoms with Crippen LogP contribution in [0.2, 0.25) is 0 Å². The Hall–Kier alpha value is -0.940. The van der Waals surface area contributed by atoms with Crippen molar-refractivity contribution in [2.24, 2.45) is 5.92 Å². The zero-order chi connectivity index (χ0) is 12.5. The topological polar surface area (TPSA) is 54.0 Å². The number of amides is 1. The van der Waals surface area contributed by atoms with E-state index in [9.17, 15) is 4.79 Å². The van der Waals surface area contributed by atoms with E-state index in [4.69, 9.17) is 0 Å². The van der Waals surface area contributed by atoms with Gasteiger partial charge in [0.1, 0.15) is 0 Å². The molecule has 4 nitrogen and oxygen atoms in total. The quantitative estimate of drug-likeness (QED) is 0.882. The maximum atomic E-state index is 12.1. The third kappa shape index (κ3) is 2.72. The predicted molar refractivity (Wildman–Crippen MR) is 72.9 cm³/mol. The maximum absolute atomic E-state index is 12.1. The van der Waals surface area contributed by atoms with E-state index in [1.807, 2.05) is 0 Å². The summed E-state index contributed by atoms with van der Waals surface area (Å²) < 4.78 is 0. The van der Waals surface area contributed by atoms with Gasteiger partial charge in [0.05, 0.1) is 5.69 Å². The van der Waals surface area contributed by atoms with E-state index >= 15 is 0 Å². The molecule has 0 aromatic carbocycles. The molecular formula is C13H19N3OS. The Bertz CT molecular complexity index is 441. The molecule has 0 bridgehead atoms. The molecule has 2 aliphatic rings. The number of anilines is 1. The van der Waals surface area contributed by atoms with Crippen LogP contribution >= 0.6 is 11.3 Å². The van der Waals surface area contributed by atoms with Gasteiger partial charge < -0.3 is 10.6 Å². The van der Waals surface area contributed by atoms with Crippen molar-refractivity contribution in [1.82, 2.24) is 10.3 Å². The van der Waals surface area contributed by atoms with Gasteiger partial charge in [-0.3, -0.25) is 4.79 Å². The van der Waals surface area contributed by atoms with Crippen molar-refractivity contribution in [3.8, 4) is 0 Å². The molecule has 2 unspecified atom stereocenters. The summed E-state index contributed by atoms with van der Waals surface area (Å²) in [6.07, 6.45) is 4.36. The highest BCUT2D eigenvalue weighted by Gasteiger charge is 2.28. The first-order chi connectivity index (χ1) is 8.72. The lowest BCUT2D eigenvalue weighted by molar-refractivity contribution is -0.120. The summed E-state index contributed by atoms with van der Waals surface area (Å²) in [7, 11) is 0. The standard InChI is InChI=1S/C13H19N3OS/c1-8-6-10(4-5-14-8)12(17)16-13-15-11(7-18-13)9-2-3-9/h7-10,14H,2-6H2,1H3,(H,15,16,17). The number of aromatic nitrogens is 1. The van der Waals surface area contributed by atoms with Crippen LogP contribution < -0.4 is 10.6 Å². The number of carbonyl (C=O) groups excluding carboxylic acids is 1. The highest BCUT2D eigenvalue weighted by molar-refractivity contribution is 7.13. The van der Waals surface area contributed by atoms with Gasteiger partial charge in [-0.2, -0.15) is 0 Å². The molecule has 2 N–H and O–H groups in total. The molecule has 98 valence electrons. The van der Waals surface area contributed by atoms with Gasteiger partial charge in [0.25, 0.3) is 0 Å². The molecule has 2 heterocycles. The fourth-order valence-electron chi connectivity index (χ4n) is 2.49. The molecule has 1 saturated carbocycles. The van der Waals surface area contributed by atoms with Crippen LogP contribution in [0.3, 0.4) is 0 Å². The van der Waals surface area contributed by atoms with Gasteiger partial charge in [0.2, 0.25) is 5.91 Å². The summed E-state index contributed by atoms with van der Waals surface area (Å²) in [5.74, 6) is 0.931. The SMILES string of the molecule is CC1CC(C(=O)Nc2nc(C3CC3)cs2)CCN1. The molecule has 2 fully saturated rings. The second kappa shape index (κ2) is 4.97. The van der Waals surface area contributed by atoms with Crippen LogP contribution in [0.15, 0.2) is 5.38 Å².